The smallest absolute Gasteiger partial charge is 0.271 e. The Morgan fingerprint density at radius 2 is 1.73 bits per heavy atom. The number of hydrogen-bond donors (Lipinski definition) is 1. The normalized spacial score (nSPS) is 11.9. The molecule has 0 aliphatic carbocycles. The van der Waals surface area contributed by atoms with Crippen molar-refractivity contribution in [2.24, 2.45) is 0 Å². The average Bonchev–Trinajstić information content (AvgIpc) is 2.71. The number of likely N-dealkylation sites (N-methyl/N-ethyl adjacent to an activating group) is 1. The standard InChI is InChI=1S/C22H19ClFN3O3/c1-26(14-21(28)25-20-12-11-18(27(29)30)13-19(20)23)22(15-5-3-2-4-6-15)16-7-9-17(24)10-8-16/h2-13,22H,14H2,1H3,(H,25,28). The summed E-state index contributed by atoms with van der Waals surface area (Å²) in [6.45, 7) is 0.0181. The highest BCUT2D eigenvalue weighted by molar-refractivity contribution is 6.34. The maximum atomic E-state index is 13.4. The van der Waals surface area contributed by atoms with E-state index >= 15 is 0 Å². The molecule has 30 heavy (non-hydrogen) atoms. The molecule has 0 radical (unpaired) electrons. The van der Waals surface area contributed by atoms with Gasteiger partial charge in [0, 0.05) is 12.1 Å². The van der Waals surface area contributed by atoms with Crippen molar-refractivity contribution >= 4 is 28.9 Å². The topological polar surface area (TPSA) is 75.5 Å². The van der Waals surface area contributed by atoms with Gasteiger partial charge in [0.25, 0.3) is 5.69 Å². The first kappa shape index (κ1) is 21.4. The molecule has 6 nitrogen and oxygen atoms in total. The molecule has 1 N–H and O–H groups in total. The van der Waals surface area contributed by atoms with Crippen LogP contribution in [-0.2, 0) is 4.79 Å². The highest BCUT2D eigenvalue weighted by atomic mass is 35.5. The molecule has 0 bridgehead atoms. The van der Waals surface area contributed by atoms with Crippen LogP contribution in [0.3, 0.4) is 0 Å². The molecule has 0 fully saturated rings. The van der Waals surface area contributed by atoms with Crippen molar-refractivity contribution in [3.05, 3.63) is 105 Å². The van der Waals surface area contributed by atoms with Crippen LogP contribution in [0.25, 0.3) is 0 Å². The first-order chi connectivity index (χ1) is 14.3. The second-order valence-electron chi connectivity index (χ2n) is 6.75. The van der Waals surface area contributed by atoms with Crippen LogP contribution >= 0.6 is 11.6 Å². The second-order valence-corrected chi connectivity index (χ2v) is 7.16. The van der Waals surface area contributed by atoms with Crippen LogP contribution in [0.5, 0.6) is 0 Å². The van der Waals surface area contributed by atoms with Gasteiger partial charge in [0.1, 0.15) is 5.82 Å². The minimum Gasteiger partial charge on any atom is -0.324 e. The molecular weight excluding hydrogens is 409 g/mol. The Hall–Kier alpha value is -3.29. The number of non-ortho nitro benzene ring substituents is 1. The van der Waals surface area contributed by atoms with E-state index in [1.807, 2.05) is 35.2 Å². The van der Waals surface area contributed by atoms with Crippen molar-refractivity contribution in [1.29, 1.82) is 0 Å². The van der Waals surface area contributed by atoms with E-state index in [0.717, 1.165) is 11.1 Å². The molecule has 0 aromatic heterocycles. The van der Waals surface area contributed by atoms with Gasteiger partial charge < -0.3 is 5.32 Å². The minimum absolute atomic E-state index is 0.0181. The van der Waals surface area contributed by atoms with Crippen LogP contribution in [0.1, 0.15) is 17.2 Å². The molecule has 3 rings (SSSR count). The summed E-state index contributed by atoms with van der Waals surface area (Å²) in [6, 6.07) is 19.3. The molecule has 0 saturated carbocycles. The number of hydrogen-bond acceptors (Lipinski definition) is 4. The third-order valence-electron chi connectivity index (χ3n) is 4.57. The van der Waals surface area contributed by atoms with Gasteiger partial charge in [-0.15, -0.1) is 0 Å². The fourth-order valence-electron chi connectivity index (χ4n) is 3.21. The van der Waals surface area contributed by atoms with Crippen LogP contribution in [0.4, 0.5) is 15.8 Å². The third kappa shape index (κ3) is 5.20. The Labute approximate surface area is 178 Å². The van der Waals surface area contributed by atoms with Crippen LogP contribution < -0.4 is 5.32 Å². The summed E-state index contributed by atoms with van der Waals surface area (Å²) in [7, 11) is 1.79. The Balaban J connectivity index is 1.78. The number of nitro benzene ring substituents is 1. The molecule has 0 aliphatic heterocycles. The number of benzene rings is 3. The summed E-state index contributed by atoms with van der Waals surface area (Å²) in [5.41, 5.74) is 1.92. The summed E-state index contributed by atoms with van der Waals surface area (Å²) in [5, 5.41) is 13.6. The molecule has 0 aliphatic rings. The summed E-state index contributed by atoms with van der Waals surface area (Å²) >= 11 is 6.05. The summed E-state index contributed by atoms with van der Waals surface area (Å²) in [5.74, 6) is -0.671. The number of nitrogens with zero attached hydrogens (tertiary/aromatic N) is 2. The number of nitro groups is 1. The van der Waals surface area contributed by atoms with Crippen molar-refractivity contribution in [2.75, 3.05) is 18.9 Å². The highest BCUT2D eigenvalue weighted by Crippen LogP contribution is 2.29. The van der Waals surface area contributed by atoms with Crippen molar-refractivity contribution < 1.29 is 14.1 Å². The first-order valence-corrected chi connectivity index (χ1v) is 9.47. The Kier molecular flexibility index (Phi) is 6.76. The fourth-order valence-corrected chi connectivity index (χ4v) is 3.43. The van der Waals surface area contributed by atoms with Gasteiger partial charge in [-0.2, -0.15) is 0 Å². The molecule has 154 valence electrons. The molecule has 0 spiro atoms. The van der Waals surface area contributed by atoms with Gasteiger partial charge in [-0.25, -0.2) is 4.39 Å². The van der Waals surface area contributed by atoms with Crippen molar-refractivity contribution in [2.45, 2.75) is 6.04 Å². The SMILES string of the molecule is CN(CC(=O)Nc1ccc([N+](=O)[O-])cc1Cl)C(c1ccccc1)c1ccc(F)cc1. The van der Waals surface area contributed by atoms with E-state index in [1.54, 1.807) is 19.2 Å². The van der Waals surface area contributed by atoms with Gasteiger partial charge in [-0.05, 0) is 36.4 Å². The summed E-state index contributed by atoms with van der Waals surface area (Å²) in [4.78, 5) is 24.7. The lowest BCUT2D eigenvalue weighted by molar-refractivity contribution is -0.384. The van der Waals surface area contributed by atoms with E-state index in [0.29, 0.717) is 5.69 Å². The molecular formula is C22H19ClFN3O3. The van der Waals surface area contributed by atoms with Gasteiger partial charge in [0.05, 0.1) is 28.2 Å². The third-order valence-corrected chi connectivity index (χ3v) is 4.89. The van der Waals surface area contributed by atoms with Crippen LogP contribution in [0.2, 0.25) is 5.02 Å². The van der Waals surface area contributed by atoms with Gasteiger partial charge in [0.2, 0.25) is 5.91 Å². The molecule has 1 atom stereocenters. The molecule has 0 heterocycles. The molecule has 3 aromatic carbocycles. The fraction of sp³-hybridized carbons (Fsp3) is 0.136. The maximum Gasteiger partial charge on any atom is 0.271 e. The quantitative estimate of drug-likeness (QED) is 0.423. The Morgan fingerprint density at radius 3 is 2.33 bits per heavy atom. The van der Waals surface area contributed by atoms with Crippen LogP contribution in [0, 0.1) is 15.9 Å². The van der Waals surface area contributed by atoms with Crippen molar-refractivity contribution in [3.8, 4) is 0 Å². The number of anilines is 1. The van der Waals surface area contributed by atoms with E-state index in [4.69, 9.17) is 11.6 Å². The lowest BCUT2D eigenvalue weighted by Gasteiger charge is -2.28. The molecule has 3 aromatic rings. The van der Waals surface area contributed by atoms with Gasteiger partial charge in [-0.1, -0.05) is 54.1 Å². The first-order valence-electron chi connectivity index (χ1n) is 9.09. The lowest BCUT2D eigenvalue weighted by Crippen LogP contribution is -2.34. The Bertz CT molecular complexity index is 1050. The summed E-state index contributed by atoms with van der Waals surface area (Å²) in [6.07, 6.45) is 0. The number of halogens is 2. The lowest BCUT2D eigenvalue weighted by atomic mass is 9.97. The largest absolute Gasteiger partial charge is 0.324 e. The van der Waals surface area contributed by atoms with Crippen molar-refractivity contribution in [3.63, 3.8) is 0 Å². The van der Waals surface area contributed by atoms with E-state index in [2.05, 4.69) is 5.32 Å². The van der Waals surface area contributed by atoms with Crippen LogP contribution in [-0.4, -0.2) is 29.3 Å². The van der Waals surface area contributed by atoms with E-state index in [-0.39, 0.29) is 35.0 Å². The predicted octanol–water partition coefficient (Wildman–Crippen LogP) is 5.05. The van der Waals surface area contributed by atoms with E-state index < -0.39 is 4.92 Å². The zero-order valence-electron chi connectivity index (χ0n) is 16.1. The zero-order valence-corrected chi connectivity index (χ0v) is 16.8. The second kappa shape index (κ2) is 9.47. The highest BCUT2D eigenvalue weighted by Gasteiger charge is 2.22. The molecule has 1 amide bonds. The zero-order chi connectivity index (χ0) is 21.7. The number of carbonyl (C=O) groups is 1. The molecule has 8 heteroatoms. The van der Waals surface area contributed by atoms with Gasteiger partial charge >= 0.3 is 0 Å². The van der Waals surface area contributed by atoms with Gasteiger partial charge in [0.15, 0.2) is 0 Å². The summed E-state index contributed by atoms with van der Waals surface area (Å²) < 4.78 is 13.4. The maximum absolute atomic E-state index is 13.4. The number of amides is 1. The van der Waals surface area contributed by atoms with Gasteiger partial charge in [-0.3, -0.25) is 19.8 Å². The van der Waals surface area contributed by atoms with E-state index in [1.165, 1.54) is 30.3 Å². The number of nitrogens with one attached hydrogen (secondary N) is 1. The molecule has 1 unspecified atom stereocenters. The number of carbonyl (C=O) groups excluding carboxylic acids is 1. The minimum atomic E-state index is -0.557. The van der Waals surface area contributed by atoms with Crippen LogP contribution in [0.15, 0.2) is 72.8 Å². The average molecular weight is 428 g/mol. The monoisotopic (exact) mass is 427 g/mol. The Morgan fingerprint density at radius 1 is 1.10 bits per heavy atom. The van der Waals surface area contributed by atoms with E-state index in [9.17, 15) is 19.3 Å². The predicted molar refractivity (Wildman–Crippen MR) is 114 cm³/mol. The van der Waals surface area contributed by atoms with Crippen molar-refractivity contribution in [1.82, 2.24) is 4.90 Å². The number of rotatable bonds is 7. The molecule has 0 saturated heterocycles.